The van der Waals surface area contributed by atoms with Gasteiger partial charge >= 0.3 is 12.1 Å². The van der Waals surface area contributed by atoms with Gasteiger partial charge in [-0.05, 0) is 60.7 Å². The number of ether oxygens (including phenoxy) is 3. The molecule has 0 N–H and O–H groups in total. The summed E-state index contributed by atoms with van der Waals surface area (Å²) in [5.41, 5.74) is 1.12. The van der Waals surface area contributed by atoms with Crippen molar-refractivity contribution in [3.05, 3.63) is 58.7 Å². The molecule has 1 amide bonds. The Morgan fingerprint density at radius 3 is 2.41 bits per heavy atom. The number of rotatable bonds is 8. The molecule has 0 spiro atoms. The summed E-state index contributed by atoms with van der Waals surface area (Å²) < 4.78 is 56.0. The monoisotopic (exact) mass is 479 g/mol. The van der Waals surface area contributed by atoms with Gasteiger partial charge in [0.2, 0.25) is 5.91 Å². The van der Waals surface area contributed by atoms with Crippen LogP contribution in [0.25, 0.3) is 0 Å². The molecular weight excluding hydrogens is 451 g/mol. The number of hydrogen-bond acceptors (Lipinski definition) is 5. The topological polar surface area (TPSA) is 65.1 Å². The van der Waals surface area contributed by atoms with Crippen LogP contribution < -0.4 is 9.47 Å². The standard InChI is InChI=1S/C25H28F3NO5/c1-4-34-23(31)10-6-9-22(30)29-12-11-16-14-20(32-2)21(33-3)15-19(16)24(29)17-7-5-8-18(13-17)25(26,27)28/h5,7-8,13-15,24H,4,6,9-12H2,1-3H3. The minimum Gasteiger partial charge on any atom is -0.493 e. The zero-order valence-corrected chi connectivity index (χ0v) is 19.4. The summed E-state index contributed by atoms with van der Waals surface area (Å²) in [6, 6.07) is 7.80. The Morgan fingerprint density at radius 1 is 1.06 bits per heavy atom. The number of alkyl halides is 3. The molecule has 1 aliphatic rings. The van der Waals surface area contributed by atoms with Crippen LogP contribution in [0.5, 0.6) is 11.5 Å². The number of halogens is 3. The van der Waals surface area contributed by atoms with Gasteiger partial charge in [-0.3, -0.25) is 9.59 Å². The zero-order chi connectivity index (χ0) is 24.9. The maximum Gasteiger partial charge on any atom is 0.416 e. The van der Waals surface area contributed by atoms with Crippen molar-refractivity contribution in [2.45, 2.75) is 44.8 Å². The molecule has 34 heavy (non-hydrogen) atoms. The van der Waals surface area contributed by atoms with E-state index in [1.807, 2.05) is 0 Å². The van der Waals surface area contributed by atoms with Gasteiger partial charge in [-0.25, -0.2) is 0 Å². The molecule has 3 rings (SSSR count). The highest BCUT2D eigenvalue weighted by atomic mass is 19.4. The van der Waals surface area contributed by atoms with Crippen molar-refractivity contribution in [1.29, 1.82) is 0 Å². The van der Waals surface area contributed by atoms with E-state index in [0.29, 0.717) is 42.0 Å². The van der Waals surface area contributed by atoms with Gasteiger partial charge in [0, 0.05) is 19.4 Å². The Kier molecular flexibility index (Phi) is 8.06. The van der Waals surface area contributed by atoms with Crippen LogP contribution in [-0.4, -0.2) is 44.1 Å². The van der Waals surface area contributed by atoms with Crippen molar-refractivity contribution >= 4 is 11.9 Å². The number of hydrogen-bond donors (Lipinski definition) is 0. The van der Waals surface area contributed by atoms with Gasteiger partial charge < -0.3 is 19.1 Å². The lowest BCUT2D eigenvalue weighted by Gasteiger charge is -2.38. The van der Waals surface area contributed by atoms with Crippen LogP contribution in [0.3, 0.4) is 0 Å². The average Bonchev–Trinajstić information content (AvgIpc) is 2.81. The van der Waals surface area contributed by atoms with Crippen LogP contribution in [0.2, 0.25) is 0 Å². The number of fused-ring (bicyclic) bond motifs is 1. The second-order valence-electron chi connectivity index (χ2n) is 7.93. The molecule has 2 aromatic carbocycles. The maximum atomic E-state index is 13.4. The molecule has 0 radical (unpaired) electrons. The fraction of sp³-hybridized carbons (Fsp3) is 0.440. The molecule has 0 aromatic heterocycles. The fourth-order valence-corrected chi connectivity index (χ4v) is 4.22. The second kappa shape index (κ2) is 10.8. The highest BCUT2D eigenvalue weighted by Crippen LogP contribution is 2.42. The molecule has 1 unspecified atom stereocenters. The molecule has 9 heteroatoms. The third-order valence-corrected chi connectivity index (χ3v) is 5.80. The van der Waals surface area contributed by atoms with Gasteiger partial charge in [0.05, 0.1) is 32.4 Å². The van der Waals surface area contributed by atoms with E-state index in [-0.39, 0.29) is 31.3 Å². The number of methoxy groups -OCH3 is 2. The lowest BCUT2D eigenvalue weighted by atomic mass is 9.86. The molecule has 1 atom stereocenters. The minimum absolute atomic E-state index is 0.0803. The van der Waals surface area contributed by atoms with Gasteiger partial charge in [0.1, 0.15) is 0 Å². The number of esters is 1. The van der Waals surface area contributed by atoms with Gasteiger partial charge in [0.25, 0.3) is 0 Å². The molecule has 0 fully saturated rings. The predicted molar refractivity (Wildman–Crippen MR) is 119 cm³/mol. The maximum absolute atomic E-state index is 13.4. The van der Waals surface area contributed by atoms with E-state index in [4.69, 9.17) is 14.2 Å². The van der Waals surface area contributed by atoms with Crippen LogP contribution in [0.1, 0.15) is 54.5 Å². The summed E-state index contributed by atoms with van der Waals surface area (Å²) in [7, 11) is 2.99. The van der Waals surface area contributed by atoms with E-state index in [1.54, 1.807) is 30.0 Å². The highest BCUT2D eigenvalue weighted by molar-refractivity contribution is 5.79. The summed E-state index contributed by atoms with van der Waals surface area (Å²) in [6.45, 7) is 2.29. The van der Waals surface area contributed by atoms with Crippen molar-refractivity contribution in [1.82, 2.24) is 4.90 Å². The normalized spacial score (nSPS) is 15.5. The molecule has 0 saturated carbocycles. The van der Waals surface area contributed by atoms with E-state index in [2.05, 4.69) is 0 Å². The van der Waals surface area contributed by atoms with Crippen molar-refractivity contribution in [3.63, 3.8) is 0 Å². The smallest absolute Gasteiger partial charge is 0.416 e. The molecule has 1 aliphatic heterocycles. The number of amides is 1. The summed E-state index contributed by atoms with van der Waals surface area (Å²) in [4.78, 5) is 26.4. The minimum atomic E-state index is -4.51. The Labute approximate surface area is 196 Å². The highest BCUT2D eigenvalue weighted by Gasteiger charge is 2.36. The molecular formula is C25H28F3NO5. The van der Waals surface area contributed by atoms with Crippen molar-refractivity contribution in [2.24, 2.45) is 0 Å². The Bertz CT molecular complexity index is 1040. The predicted octanol–water partition coefficient (Wildman–Crippen LogP) is 4.93. The molecule has 184 valence electrons. The summed E-state index contributed by atoms with van der Waals surface area (Å²) in [6.07, 6.45) is -3.53. The van der Waals surface area contributed by atoms with E-state index in [9.17, 15) is 22.8 Å². The third-order valence-electron chi connectivity index (χ3n) is 5.80. The molecule has 6 nitrogen and oxygen atoms in total. The molecule has 1 heterocycles. The molecule has 2 aromatic rings. The van der Waals surface area contributed by atoms with Crippen molar-refractivity contribution in [3.8, 4) is 11.5 Å². The largest absolute Gasteiger partial charge is 0.493 e. The first-order valence-electron chi connectivity index (χ1n) is 11.1. The third kappa shape index (κ3) is 5.63. The second-order valence-corrected chi connectivity index (χ2v) is 7.93. The number of carbonyl (C=O) groups excluding carboxylic acids is 2. The van der Waals surface area contributed by atoms with Crippen LogP contribution in [0, 0.1) is 0 Å². The Hall–Kier alpha value is -3.23. The lowest BCUT2D eigenvalue weighted by molar-refractivity contribution is -0.143. The van der Waals surface area contributed by atoms with Crippen molar-refractivity contribution < 1.29 is 37.0 Å². The summed E-state index contributed by atoms with van der Waals surface area (Å²) >= 11 is 0. The van der Waals surface area contributed by atoms with E-state index in [1.165, 1.54) is 20.3 Å². The van der Waals surface area contributed by atoms with E-state index in [0.717, 1.165) is 17.7 Å². The zero-order valence-electron chi connectivity index (χ0n) is 19.4. The van der Waals surface area contributed by atoms with Crippen LogP contribution >= 0.6 is 0 Å². The molecule has 0 saturated heterocycles. The van der Waals surface area contributed by atoms with Crippen LogP contribution in [0.15, 0.2) is 36.4 Å². The summed E-state index contributed by atoms with van der Waals surface area (Å²) in [5.74, 6) is 0.311. The van der Waals surface area contributed by atoms with Gasteiger partial charge in [0.15, 0.2) is 11.5 Å². The average molecular weight is 479 g/mol. The fourth-order valence-electron chi connectivity index (χ4n) is 4.22. The SMILES string of the molecule is CCOC(=O)CCCC(=O)N1CCc2cc(OC)c(OC)cc2C1c1cccc(C(F)(F)F)c1. The first kappa shape index (κ1) is 25.4. The van der Waals surface area contributed by atoms with Gasteiger partial charge in [-0.2, -0.15) is 13.2 Å². The Morgan fingerprint density at radius 2 is 1.76 bits per heavy atom. The van der Waals surface area contributed by atoms with E-state index >= 15 is 0 Å². The Balaban J connectivity index is 2.00. The van der Waals surface area contributed by atoms with Crippen molar-refractivity contribution in [2.75, 3.05) is 27.4 Å². The number of benzene rings is 2. The van der Waals surface area contributed by atoms with E-state index < -0.39 is 17.8 Å². The molecule has 0 bridgehead atoms. The number of nitrogens with zero attached hydrogens (tertiary/aromatic N) is 1. The first-order chi connectivity index (χ1) is 16.2. The quantitative estimate of drug-likeness (QED) is 0.503. The van der Waals surface area contributed by atoms with Gasteiger partial charge in [-0.1, -0.05) is 12.1 Å². The van der Waals surface area contributed by atoms with Crippen LogP contribution in [0.4, 0.5) is 13.2 Å². The first-order valence-corrected chi connectivity index (χ1v) is 11.1. The molecule has 0 aliphatic carbocycles. The summed E-state index contributed by atoms with van der Waals surface area (Å²) in [5, 5.41) is 0. The number of carbonyl (C=O) groups is 2. The van der Waals surface area contributed by atoms with Crippen LogP contribution in [-0.2, 0) is 26.9 Å². The van der Waals surface area contributed by atoms with Gasteiger partial charge in [-0.15, -0.1) is 0 Å². The lowest BCUT2D eigenvalue weighted by Crippen LogP contribution is -2.40.